The van der Waals surface area contributed by atoms with Gasteiger partial charge in [0.1, 0.15) is 6.04 Å². The van der Waals surface area contributed by atoms with Crippen LogP contribution in [0.4, 0.5) is 0 Å². The number of carbonyl (C=O) groups excluding carboxylic acids is 5. The Bertz CT molecular complexity index is 2290. The van der Waals surface area contributed by atoms with Gasteiger partial charge in [0.15, 0.2) is 9.84 Å². The van der Waals surface area contributed by atoms with E-state index in [4.69, 9.17) is 23.2 Å². The van der Waals surface area contributed by atoms with Gasteiger partial charge in [0.2, 0.25) is 23.6 Å². The monoisotopic (exact) mass is 832 g/mol. The number of halogens is 2. The summed E-state index contributed by atoms with van der Waals surface area (Å²) in [7, 11) is -3.63. The molecule has 3 heterocycles. The molecule has 0 spiro atoms. The van der Waals surface area contributed by atoms with Crippen LogP contribution >= 0.6 is 23.2 Å². The zero-order chi connectivity index (χ0) is 41.4. The normalized spacial score (nSPS) is 22.9. The van der Waals surface area contributed by atoms with Gasteiger partial charge < -0.3 is 9.80 Å². The number of likely N-dealkylation sites (tertiary alicyclic amines) is 1. The van der Waals surface area contributed by atoms with E-state index in [-0.39, 0.29) is 61.6 Å². The van der Waals surface area contributed by atoms with Gasteiger partial charge in [-0.3, -0.25) is 34.6 Å². The maximum absolute atomic E-state index is 15.1. The number of carbonyl (C=O) groups is 5. The summed E-state index contributed by atoms with van der Waals surface area (Å²) in [6.07, 6.45) is 0.340. The summed E-state index contributed by atoms with van der Waals surface area (Å²) in [4.78, 5) is 69.6. The topological polar surface area (TPSA) is 150 Å². The van der Waals surface area contributed by atoms with Crippen molar-refractivity contribution in [1.29, 1.82) is 0 Å². The van der Waals surface area contributed by atoms with E-state index in [1.165, 1.54) is 4.90 Å². The summed E-state index contributed by atoms with van der Waals surface area (Å²) in [6, 6.07) is 20.2. The summed E-state index contributed by atoms with van der Waals surface area (Å²) < 4.78 is 27.1. The van der Waals surface area contributed by atoms with Crippen molar-refractivity contribution in [2.45, 2.75) is 96.1 Å². The SMILES string of the molecule is CC(C)C(CS(=O)(=O)C(C)C)N1C(=O)[C@@](C)(CC(=O)NC#Cc2cccc3c2CN(C2CCC(=O)NC2=O)C3=O)C[C@H](c2cccc(Cl)c2)[C@H]1c1ccc(Cl)cc1. The average molecular weight is 834 g/mol. The van der Waals surface area contributed by atoms with E-state index in [2.05, 4.69) is 22.6 Å². The van der Waals surface area contributed by atoms with Crippen molar-refractivity contribution < 1.29 is 32.4 Å². The van der Waals surface area contributed by atoms with E-state index < -0.39 is 56.4 Å². The molecule has 3 aromatic rings. The molecule has 3 aliphatic heterocycles. The Morgan fingerprint density at radius 3 is 2.32 bits per heavy atom. The summed E-state index contributed by atoms with van der Waals surface area (Å²) in [5.41, 5.74) is 1.79. The van der Waals surface area contributed by atoms with E-state index in [1.807, 2.05) is 44.2 Å². The van der Waals surface area contributed by atoms with Crippen LogP contribution in [0.2, 0.25) is 10.0 Å². The first kappa shape index (κ1) is 41.9. The number of imide groups is 1. The molecule has 300 valence electrons. The van der Waals surface area contributed by atoms with Crippen molar-refractivity contribution in [3.8, 4) is 12.0 Å². The highest BCUT2D eigenvalue weighted by atomic mass is 35.5. The summed E-state index contributed by atoms with van der Waals surface area (Å²) in [5.74, 6) is -0.0895. The first-order chi connectivity index (χ1) is 26.9. The highest BCUT2D eigenvalue weighted by Gasteiger charge is 2.53. The van der Waals surface area contributed by atoms with Crippen LogP contribution in [-0.4, -0.2) is 70.8 Å². The molecule has 3 aliphatic rings. The number of sulfone groups is 1. The van der Waals surface area contributed by atoms with Crippen molar-refractivity contribution >= 4 is 62.6 Å². The van der Waals surface area contributed by atoms with Crippen LogP contribution < -0.4 is 10.6 Å². The zero-order valence-electron chi connectivity index (χ0n) is 32.5. The fraction of sp³-hybridized carbons (Fsp3) is 0.419. The fourth-order valence-electron chi connectivity index (χ4n) is 8.21. The summed E-state index contributed by atoms with van der Waals surface area (Å²) in [5, 5.41) is 5.28. The molecule has 0 bridgehead atoms. The van der Waals surface area contributed by atoms with Crippen molar-refractivity contribution in [2.75, 3.05) is 5.75 Å². The fourth-order valence-corrected chi connectivity index (χ4v) is 9.94. The first-order valence-electron chi connectivity index (χ1n) is 19.0. The second kappa shape index (κ2) is 16.6. The van der Waals surface area contributed by atoms with Crippen molar-refractivity contribution in [2.24, 2.45) is 11.3 Å². The smallest absolute Gasteiger partial charge is 0.255 e. The summed E-state index contributed by atoms with van der Waals surface area (Å²) >= 11 is 12.9. The quantitative estimate of drug-likeness (QED) is 0.141. The molecule has 57 heavy (non-hydrogen) atoms. The lowest BCUT2D eigenvalue weighted by molar-refractivity contribution is -0.157. The van der Waals surface area contributed by atoms with E-state index in [1.54, 1.807) is 62.1 Å². The number of benzene rings is 3. The van der Waals surface area contributed by atoms with Crippen LogP contribution in [0.25, 0.3) is 0 Å². The Kier molecular flexibility index (Phi) is 12.2. The molecule has 2 unspecified atom stereocenters. The molecule has 0 saturated carbocycles. The lowest BCUT2D eigenvalue weighted by Crippen LogP contribution is -2.59. The minimum Gasteiger partial charge on any atom is -0.330 e. The van der Waals surface area contributed by atoms with E-state index in [9.17, 15) is 27.6 Å². The van der Waals surface area contributed by atoms with Crippen LogP contribution in [0.5, 0.6) is 0 Å². The Hall–Kier alpha value is -4.70. The molecule has 3 aromatic carbocycles. The minimum atomic E-state index is -3.63. The molecule has 14 heteroatoms. The highest BCUT2D eigenvalue weighted by Crippen LogP contribution is 2.52. The highest BCUT2D eigenvalue weighted by molar-refractivity contribution is 7.92. The zero-order valence-corrected chi connectivity index (χ0v) is 34.8. The van der Waals surface area contributed by atoms with Crippen LogP contribution in [0.3, 0.4) is 0 Å². The Balaban J connectivity index is 1.32. The Labute approximate surface area is 343 Å². The predicted molar refractivity (Wildman–Crippen MR) is 218 cm³/mol. The molecule has 0 radical (unpaired) electrons. The molecule has 0 aliphatic carbocycles. The minimum absolute atomic E-state index is 0.116. The van der Waals surface area contributed by atoms with Crippen molar-refractivity contribution in [3.05, 3.63) is 105 Å². The molecule has 0 aromatic heterocycles. The second-order valence-electron chi connectivity index (χ2n) is 16.0. The van der Waals surface area contributed by atoms with E-state index in [0.717, 1.165) is 11.1 Å². The van der Waals surface area contributed by atoms with Gasteiger partial charge >= 0.3 is 0 Å². The van der Waals surface area contributed by atoms with Gasteiger partial charge in [-0.1, -0.05) is 74.3 Å². The third-order valence-electron chi connectivity index (χ3n) is 11.4. The van der Waals surface area contributed by atoms with Gasteiger partial charge in [-0.05, 0) is 91.6 Å². The average Bonchev–Trinajstić information content (AvgIpc) is 3.48. The number of hydrogen-bond donors (Lipinski definition) is 2. The lowest BCUT2D eigenvalue weighted by Gasteiger charge is -2.53. The summed E-state index contributed by atoms with van der Waals surface area (Å²) in [6.45, 7) is 8.90. The van der Waals surface area contributed by atoms with Crippen LogP contribution in [0, 0.1) is 23.3 Å². The van der Waals surface area contributed by atoms with Gasteiger partial charge in [-0.2, -0.15) is 0 Å². The van der Waals surface area contributed by atoms with Crippen molar-refractivity contribution in [1.82, 2.24) is 20.4 Å². The molecular weight excluding hydrogens is 787 g/mol. The number of amides is 5. The third-order valence-corrected chi connectivity index (χ3v) is 14.1. The van der Waals surface area contributed by atoms with Crippen LogP contribution in [0.1, 0.15) is 105 Å². The number of nitrogens with one attached hydrogen (secondary N) is 2. The molecular formula is C43H46Cl2N4O7S. The van der Waals surface area contributed by atoms with Gasteiger partial charge in [-0.15, -0.1) is 0 Å². The van der Waals surface area contributed by atoms with Gasteiger partial charge in [0, 0.05) is 58.6 Å². The van der Waals surface area contributed by atoms with Gasteiger partial charge in [-0.25, -0.2) is 8.42 Å². The maximum atomic E-state index is 15.1. The lowest BCUT2D eigenvalue weighted by atomic mass is 9.66. The van der Waals surface area contributed by atoms with Gasteiger partial charge in [0.25, 0.3) is 5.91 Å². The van der Waals surface area contributed by atoms with Crippen LogP contribution in [0.15, 0.2) is 66.7 Å². The standard InChI is InChI=1S/C43H46Cl2N4O7S/c1-25(2)36(24-57(55,56)26(3)4)49-39(28-12-14-30(44)15-13-28)33(29-9-6-10-31(45)20-29)21-43(5,42(49)54)22-38(51)46-19-18-27-8-7-11-32-34(27)23-48(41(32)53)35-16-17-37(50)47-40(35)52/h6-15,20,25-26,33,35-36,39H,16-17,21-24H2,1-5H3,(H,46,51)(H,47,50,52)/t33-,35?,36?,39-,43-/m1/s1. The molecule has 2 fully saturated rings. The predicted octanol–water partition coefficient (Wildman–Crippen LogP) is 6.18. The molecule has 11 nitrogen and oxygen atoms in total. The Morgan fingerprint density at radius 2 is 1.67 bits per heavy atom. The van der Waals surface area contributed by atoms with Gasteiger partial charge in [0.05, 0.1) is 22.5 Å². The number of fused-ring (bicyclic) bond motifs is 1. The van der Waals surface area contributed by atoms with E-state index >= 15 is 4.79 Å². The molecule has 5 atom stereocenters. The Morgan fingerprint density at radius 1 is 0.965 bits per heavy atom. The van der Waals surface area contributed by atoms with Crippen LogP contribution in [-0.2, 0) is 35.6 Å². The number of rotatable bonds is 10. The first-order valence-corrected chi connectivity index (χ1v) is 21.5. The number of piperidine rings is 2. The molecule has 6 rings (SSSR count). The van der Waals surface area contributed by atoms with Crippen molar-refractivity contribution in [3.63, 3.8) is 0 Å². The molecule has 2 saturated heterocycles. The number of hydrogen-bond acceptors (Lipinski definition) is 7. The maximum Gasteiger partial charge on any atom is 0.255 e. The molecule has 5 amide bonds. The van der Waals surface area contributed by atoms with E-state index in [0.29, 0.717) is 26.7 Å². The third kappa shape index (κ3) is 8.76. The largest absolute Gasteiger partial charge is 0.330 e. The molecule has 2 N–H and O–H groups in total. The second-order valence-corrected chi connectivity index (χ2v) is 19.5. The number of nitrogens with zero attached hydrogens (tertiary/aromatic N) is 2.